The summed E-state index contributed by atoms with van der Waals surface area (Å²) in [6.07, 6.45) is 1.88. The molecule has 1 aliphatic heterocycles. The van der Waals surface area contributed by atoms with E-state index < -0.39 is 4.92 Å². The van der Waals surface area contributed by atoms with Crippen LogP contribution in [-0.2, 0) is 11.3 Å². The van der Waals surface area contributed by atoms with Crippen molar-refractivity contribution < 1.29 is 14.5 Å². The number of nitrogens with one attached hydrogen (secondary N) is 1. The highest BCUT2D eigenvalue weighted by atomic mass is 35.5. The van der Waals surface area contributed by atoms with Crippen LogP contribution < -0.4 is 10.2 Å². The van der Waals surface area contributed by atoms with Crippen molar-refractivity contribution in [2.24, 2.45) is 0 Å². The summed E-state index contributed by atoms with van der Waals surface area (Å²) in [7, 11) is 0. The topological polar surface area (TPSA) is 95.8 Å². The van der Waals surface area contributed by atoms with Crippen molar-refractivity contribution in [1.29, 1.82) is 0 Å². The van der Waals surface area contributed by atoms with E-state index in [-0.39, 0.29) is 35.7 Å². The Morgan fingerprint density at radius 3 is 2.53 bits per heavy atom. The summed E-state index contributed by atoms with van der Waals surface area (Å²) in [5.41, 5.74) is 1.41. The van der Waals surface area contributed by atoms with Gasteiger partial charge in [-0.05, 0) is 42.7 Å². The lowest BCUT2D eigenvalue weighted by Gasteiger charge is -2.35. The molecular formula is C21H21ClN4O4. The van der Waals surface area contributed by atoms with Crippen molar-refractivity contribution in [3.05, 3.63) is 68.7 Å². The van der Waals surface area contributed by atoms with E-state index in [1.165, 1.54) is 6.07 Å². The maximum absolute atomic E-state index is 12.7. The first-order valence-electron chi connectivity index (χ1n) is 9.77. The van der Waals surface area contributed by atoms with E-state index in [4.69, 9.17) is 11.6 Å². The Bertz CT molecular complexity index is 991. The lowest BCUT2D eigenvalue weighted by molar-refractivity contribution is -0.384. The van der Waals surface area contributed by atoms with Gasteiger partial charge >= 0.3 is 0 Å². The molecule has 2 aromatic rings. The van der Waals surface area contributed by atoms with E-state index in [9.17, 15) is 19.7 Å². The van der Waals surface area contributed by atoms with Crippen molar-refractivity contribution in [1.82, 2.24) is 10.2 Å². The molecule has 0 atom stereocenters. The fraction of sp³-hybridized carbons (Fsp3) is 0.333. The number of hydrogen-bond acceptors (Lipinski definition) is 5. The molecule has 8 nitrogen and oxygen atoms in total. The van der Waals surface area contributed by atoms with Crippen LogP contribution >= 0.6 is 11.6 Å². The number of rotatable bonds is 6. The summed E-state index contributed by atoms with van der Waals surface area (Å²) >= 11 is 5.90. The number of benzene rings is 2. The molecule has 0 bridgehead atoms. The van der Waals surface area contributed by atoms with Crippen molar-refractivity contribution in [3.8, 4) is 0 Å². The van der Waals surface area contributed by atoms with E-state index in [1.54, 1.807) is 34.1 Å². The number of carbonyl (C=O) groups excluding carboxylic acids is 2. The molecule has 4 rings (SSSR count). The average molecular weight is 429 g/mol. The number of halogens is 1. The molecule has 1 saturated heterocycles. The van der Waals surface area contributed by atoms with Gasteiger partial charge in [-0.25, -0.2) is 0 Å². The van der Waals surface area contributed by atoms with Crippen LogP contribution in [0.25, 0.3) is 0 Å². The second-order valence-electron chi connectivity index (χ2n) is 7.57. The van der Waals surface area contributed by atoms with Gasteiger partial charge in [-0.1, -0.05) is 23.7 Å². The number of nitro benzene ring substituents is 1. The zero-order valence-corrected chi connectivity index (χ0v) is 17.0. The third-order valence-electron chi connectivity index (χ3n) is 5.29. The maximum atomic E-state index is 12.7. The summed E-state index contributed by atoms with van der Waals surface area (Å²) in [6, 6.07) is 11.9. The third kappa shape index (κ3) is 4.54. The Morgan fingerprint density at radius 2 is 1.90 bits per heavy atom. The monoisotopic (exact) mass is 428 g/mol. The highest BCUT2D eigenvalue weighted by Crippen LogP contribution is 2.31. The zero-order chi connectivity index (χ0) is 21.3. The van der Waals surface area contributed by atoms with Gasteiger partial charge < -0.3 is 15.1 Å². The largest absolute Gasteiger partial charge is 0.355 e. The van der Waals surface area contributed by atoms with Gasteiger partial charge in [0.25, 0.3) is 11.6 Å². The van der Waals surface area contributed by atoms with Gasteiger partial charge in [0.2, 0.25) is 5.91 Å². The van der Waals surface area contributed by atoms with Gasteiger partial charge in [-0.15, -0.1) is 0 Å². The second-order valence-corrected chi connectivity index (χ2v) is 8.01. The van der Waals surface area contributed by atoms with E-state index in [0.29, 0.717) is 30.3 Å². The van der Waals surface area contributed by atoms with Crippen LogP contribution in [0, 0.1) is 10.1 Å². The molecule has 9 heteroatoms. The van der Waals surface area contributed by atoms with Crippen LogP contribution in [0.1, 0.15) is 28.8 Å². The number of carbonyl (C=O) groups is 2. The molecule has 1 saturated carbocycles. The molecule has 0 radical (unpaired) electrons. The molecule has 30 heavy (non-hydrogen) atoms. The minimum absolute atomic E-state index is 0.0437. The highest BCUT2D eigenvalue weighted by Gasteiger charge is 2.30. The van der Waals surface area contributed by atoms with Crippen LogP contribution in [0.15, 0.2) is 42.5 Å². The van der Waals surface area contributed by atoms with Crippen molar-refractivity contribution >= 4 is 34.8 Å². The van der Waals surface area contributed by atoms with Gasteiger partial charge in [0.15, 0.2) is 0 Å². The van der Waals surface area contributed by atoms with Crippen molar-refractivity contribution in [2.75, 3.05) is 24.5 Å². The minimum Gasteiger partial charge on any atom is -0.355 e. The predicted molar refractivity (Wildman–Crippen MR) is 113 cm³/mol. The van der Waals surface area contributed by atoms with E-state index in [1.807, 2.05) is 12.1 Å². The lowest BCUT2D eigenvalue weighted by atomic mass is 10.1. The number of piperazine rings is 1. The molecule has 156 valence electrons. The third-order valence-corrected chi connectivity index (χ3v) is 5.54. The average Bonchev–Trinajstić information content (AvgIpc) is 3.54. The Hall–Kier alpha value is -3.13. The van der Waals surface area contributed by atoms with Crippen molar-refractivity contribution in [3.63, 3.8) is 0 Å². The summed E-state index contributed by atoms with van der Waals surface area (Å²) in [5.74, 6) is -0.419. The zero-order valence-electron chi connectivity index (χ0n) is 16.2. The molecule has 2 aromatic carbocycles. The highest BCUT2D eigenvalue weighted by molar-refractivity contribution is 6.30. The van der Waals surface area contributed by atoms with Gasteiger partial charge in [0.05, 0.1) is 11.5 Å². The SMILES string of the molecule is O=C(NC1CC1)c1ccc(N2CCN(Cc3ccc(Cl)cc3)C(=O)C2)c([N+](=O)[O-])c1. The van der Waals surface area contributed by atoms with Crippen LogP contribution in [0.4, 0.5) is 11.4 Å². The van der Waals surface area contributed by atoms with E-state index >= 15 is 0 Å². The van der Waals surface area contributed by atoms with Crippen LogP contribution in [0.5, 0.6) is 0 Å². The Labute approximate surface area is 178 Å². The van der Waals surface area contributed by atoms with Gasteiger partial charge in [-0.2, -0.15) is 0 Å². The number of hydrogen-bond donors (Lipinski definition) is 1. The first-order chi connectivity index (χ1) is 14.4. The van der Waals surface area contributed by atoms with Crippen LogP contribution in [0.2, 0.25) is 5.02 Å². The molecule has 0 aromatic heterocycles. The number of amides is 2. The fourth-order valence-corrected chi connectivity index (χ4v) is 3.59. The van der Waals surface area contributed by atoms with Gasteiger partial charge in [0, 0.05) is 42.3 Å². The first kappa shape index (κ1) is 20.2. The standard InChI is InChI=1S/C21H21ClN4O4/c22-16-4-1-14(2-5-16)12-25-10-9-24(13-20(25)27)18-8-3-15(11-19(18)26(29)30)21(28)23-17-6-7-17/h1-5,8,11,17H,6-7,9-10,12-13H2,(H,23,28). The summed E-state index contributed by atoms with van der Waals surface area (Å²) < 4.78 is 0. The lowest BCUT2D eigenvalue weighted by Crippen LogP contribution is -2.50. The minimum atomic E-state index is -0.506. The molecule has 1 heterocycles. The predicted octanol–water partition coefficient (Wildman–Crippen LogP) is 2.99. The fourth-order valence-electron chi connectivity index (χ4n) is 3.47. The molecule has 1 aliphatic carbocycles. The molecule has 2 amide bonds. The maximum Gasteiger partial charge on any atom is 0.293 e. The number of anilines is 1. The van der Waals surface area contributed by atoms with E-state index in [2.05, 4.69) is 5.32 Å². The van der Waals surface area contributed by atoms with Gasteiger partial charge in [-0.3, -0.25) is 19.7 Å². The smallest absolute Gasteiger partial charge is 0.293 e. The van der Waals surface area contributed by atoms with Crippen LogP contribution in [0.3, 0.4) is 0 Å². The molecule has 0 spiro atoms. The Balaban J connectivity index is 1.47. The first-order valence-corrected chi connectivity index (χ1v) is 10.1. The number of nitrogens with zero attached hydrogens (tertiary/aromatic N) is 3. The molecule has 1 N–H and O–H groups in total. The van der Waals surface area contributed by atoms with Crippen molar-refractivity contribution in [2.45, 2.75) is 25.4 Å². The normalized spacial score (nSPS) is 16.5. The Kier molecular flexibility index (Phi) is 5.59. The molecule has 2 fully saturated rings. The molecular weight excluding hydrogens is 408 g/mol. The quantitative estimate of drug-likeness (QED) is 0.563. The second kappa shape index (κ2) is 8.31. The van der Waals surface area contributed by atoms with E-state index in [0.717, 1.165) is 18.4 Å². The summed E-state index contributed by atoms with van der Waals surface area (Å²) in [5, 5.41) is 15.1. The number of nitro groups is 1. The summed E-state index contributed by atoms with van der Waals surface area (Å²) in [6.45, 7) is 1.42. The Morgan fingerprint density at radius 1 is 1.17 bits per heavy atom. The van der Waals surface area contributed by atoms with Gasteiger partial charge in [0.1, 0.15) is 5.69 Å². The van der Waals surface area contributed by atoms with Crippen LogP contribution in [-0.4, -0.2) is 47.3 Å². The summed E-state index contributed by atoms with van der Waals surface area (Å²) in [4.78, 5) is 39.4. The molecule has 0 unspecified atom stereocenters. The molecule has 2 aliphatic rings.